The Balaban J connectivity index is 3.50. The smallest absolute Gasteiger partial charge is 0.250 e. The molecule has 1 amide bonds. The highest BCUT2D eigenvalue weighted by Crippen LogP contribution is 2.29. The highest BCUT2D eigenvalue weighted by molar-refractivity contribution is 9.11. The minimum atomic E-state index is -0.892. The molecular weight excluding hydrogens is 312 g/mol. The first kappa shape index (κ1) is 10.6. The second kappa shape index (κ2) is 3.71. The van der Waals surface area contributed by atoms with E-state index in [0.29, 0.717) is 0 Å². The summed E-state index contributed by atoms with van der Waals surface area (Å²) in [5, 5.41) is 0. The molecule has 70 valence electrons. The first-order valence-corrected chi connectivity index (χ1v) is 4.66. The summed E-state index contributed by atoms with van der Waals surface area (Å²) in [6.07, 6.45) is 0. The van der Waals surface area contributed by atoms with Crippen molar-refractivity contribution >= 4 is 37.8 Å². The summed E-state index contributed by atoms with van der Waals surface area (Å²) in [4.78, 5) is 10.7. The van der Waals surface area contributed by atoms with Gasteiger partial charge >= 0.3 is 0 Å². The molecule has 1 aromatic rings. The molecule has 0 fully saturated rings. The van der Waals surface area contributed by atoms with Gasteiger partial charge in [-0.05, 0) is 37.9 Å². The Kier molecular flexibility index (Phi) is 3.02. The van der Waals surface area contributed by atoms with Gasteiger partial charge in [0, 0.05) is 0 Å². The van der Waals surface area contributed by atoms with Gasteiger partial charge in [0.25, 0.3) is 0 Å². The Morgan fingerprint density at radius 2 is 1.85 bits per heavy atom. The van der Waals surface area contributed by atoms with Crippen LogP contribution in [0.1, 0.15) is 10.4 Å². The third-order valence-corrected chi connectivity index (χ3v) is 2.87. The Morgan fingerprint density at radius 1 is 1.31 bits per heavy atom. The lowest BCUT2D eigenvalue weighted by atomic mass is 10.2. The summed E-state index contributed by atoms with van der Waals surface area (Å²) in [5.74, 6) is -2.64. The lowest BCUT2D eigenvalue weighted by molar-refractivity contribution is 0.0998. The number of halogens is 4. The summed E-state index contributed by atoms with van der Waals surface area (Å²) in [7, 11) is 0. The van der Waals surface area contributed by atoms with Gasteiger partial charge in [0.05, 0.1) is 14.5 Å². The lowest BCUT2D eigenvalue weighted by Gasteiger charge is -2.03. The zero-order chi connectivity index (χ0) is 10.2. The Hall–Kier alpha value is -0.490. The number of hydrogen-bond donors (Lipinski definition) is 1. The predicted octanol–water partition coefficient (Wildman–Crippen LogP) is 2.59. The van der Waals surface area contributed by atoms with Gasteiger partial charge in [0.15, 0.2) is 5.82 Å². The number of primary amides is 1. The fourth-order valence-electron chi connectivity index (χ4n) is 0.752. The number of nitrogens with two attached hydrogens (primary N) is 1. The van der Waals surface area contributed by atoms with E-state index in [1.165, 1.54) is 0 Å². The van der Waals surface area contributed by atoms with Crippen LogP contribution >= 0.6 is 31.9 Å². The van der Waals surface area contributed by atoms with Crippen LogP contribution < -0.4 is 5.73 Å². The zero-order valence-corrected chi connectivity index (χ0v) is 9.25. The molecule has 0 unspecified atom stereocenters. The molecule has 2 nitrogen and oxygen atoms in total. The summed E-state index contributed by atoms with van der Waals surface area (Å²) >= 11 is 5.47. The van der Waals surface area contributed by atoms with Crippen LogP contribution in [0.3, 0.4) is 0 Å². The topological polar surface area (TPSA) is 43.1 Å². The number of carbonyl (C=O) groups excluding carboxylic acids is 1. The van der Waals surface area contributed by atoms with Crippen molar-refractivity contribution in [1.29, 1.82) is 0 Å². The van der Waals surface area contributed by atoms with Crippen molar-refractivity contribution in [3.8, 4) is 0 Å². The third-order valence-electron chi connectivity index (χ3n) is 1.37. The molecule has 0 saturated heterocycles. The van der Waals surface area contributed by atoms with Crippen LogP contribution in [0.15, 0.2) is 15.0 Å². The van der Waals surface area contributed by atoms with Gasteiger partial charge in [-0.3, -0.25) is 4.79 Å². The largest absolute Gasteiger partial charge is 0.366 e. The van der Waals surface area contributed by atoms with E-state index in [9.17, 15) is 13.6 Å². The van der Waals surface area contributed by atoms with Crippen molar-refractivity contribution < 1.29 is 13.6 Å². The average Bonchev–Trinajstić information content (AvgIpc) is 2.07. The first-order chi connectivity index (χ1) is 5.95. The molecule has 13 heavy (non-hydrogen) atoms. The number of benzene rings is 1. The molecule has 0 heterocycles. The van der Waals surface area contributed by atoms with Gasteiger partial charge in [-0.2, -0.15) is 0 Å². The van der Waals surface area contributed by atoms with Crippen molar-refractivity contribution in [2.45, 2.75) is 0 Å². The van der Waals surface area contributed by atoms with E-state index >= 15 is 0 Å². The van der Waals surface area contributed by atoms with E-state index in [1.807, 2.05) is 0 Å². The molecule has 0 radical (unpaired) electrons. The lowest BCUT2D eigenvalue weighted by Crippen LogP contribution is -2.13. The number of rotatable bonds is 1. The molecule has 0 aromatic heterocycles. The van der Waals surface area contributed by atoms with Crippen molar-refractivity contribution in [3.63, 3.8) is 0 Å². The summed E-state index contributed by atoms with van der Waals surface area (Å²) < 4.78 is 25.5. The number of hydrogen-bond acceptors (Lipinski definition) is 1. The molecule has 0 spiro atoms. The Labute approximate surface area is 89.4 Å². The van der Waals surface area contributed by atoms with E-state index in [0.717, 1.165) is 6.07 Å². The molecule has 0 atom stereocenters. The van der Waals surface area contributed by atoms with Gasteiger partial charge in [-0.15, -0.1) is 0 Å². The zero-order valence-electron chi connectivity index (χ0n) is 6.07. The SMILES string of the molecule is NC(=O)c1cc(F)c(Br)c(F)c1Br. The van der Waals surface area contributed by atoms with Crippen LogP contribution in [0.4, 0.5) is 8.78 Å². The van der Waals surface area contributed by atoms with Gasteiger partial charge < -0.3 is 5.73 Å². The summed E-state index contributed by atoms with van der Waals surface area (Å²) in [5.41, 5.74) is 4.66. The second-order valence-corrected chi connectivity index (χ2v) is 3.80. The maximum Gasteiger partial charge on any atom is 0.250 e. The molecule has 0 aliphatic heterocycles. The minimum Gasteiger partial charge on any atom is -0.366 e. The van der Waals surface area contributed by atoms with Crippen LogP contribution in [0, 0.1) is 11.6 Å². The molecule has 0 aliphatic carbocycles. The van der Waals surface area contributed by atoms with Crippen LogP contribution in [-0.2, 0) is 0 Å². The summed E-state index contributed by atoms with van der Waals surface area (Å²) in [6, 6.07) is 0.861. The van der Waals surface area contributed by atoms with Crippen molar-refractivity contribution in [3.05, 3.63) is 32.2 Å². The van der Waals surface area contributed by atoms with Crippen LogP contribution in [0.25, 0.3) is 0 Å². The predicted molar refractivity (Wildman–Crippen MR) is 50.3 cm³/mol. The van der Waals surface area contributed by atoms with E-state index < -0.39 is 17.5 Å². The highest BCUT2D eigenvalue weighted by Gasteiger charge is 2.17. The maximum atomic E-state index is 13.1. The van der Waals surface area contributed by atoms with E-state index in [2.05, 4.69) is 31.9 Å². The van der Waals surface area contributed by atoms with E-state index in [-0.39, 0.29) is 14.5 Å². The average molecular weight is 315 g/mol. The number of amides is 1. The van der Waals surface area contributed by atoms with Crippen LogP contribution in [0.2, 0.25) is 0 Å². The molecule has 6 heteroatoms. The fourth-order valence-corrected chi connectivity index (χ4v) is 1.84. The Morgan fingerprint density at radius 3 is 2.31 bits per heavy atom. The quantitative estimate of drug-likeness (QED) is 0.628. The normalized spacial score (nSPS) is 10.2. The molecule has 0 aliphatic rings. The molecule has 0 bridgehead atoms. The van der Waals surface area contributed by atoms with Gasteiger partial charge in [-0.25, -0.2) is 8.78 Å². The van der Waals surface area contributed by atoms with Gasteiger partial charge in [0.2, 0.25) is 5.91 Å². The molecular formula is C7H3Br2F2NO. The first-order valence-electron chi connectivity index (χ1n) is 3.08. The molecule has 1 aromatic carbocycles. The molecule has 2 N–H and O–H groups in total. The van der Waals surface area contributed by atoms with E-state index in [4.69, 9.17) is 5.73 Å². The second-order valence-electron chi connectivity index (χ2n) is 2.21. The molecule has 0 saturated carbocycles. The van der Waals surface area contributed by atoms with Crippen molar-refractivity contribution in [2.75, 3.05) is 0 Å². The standard InChI is InChI=1S/C7H3Br2F2NO/c8-4-2(7(12)13)1-3(10)5(9)6(4)11/h1H,(H2,12,13). The summed E-state index contributed by atoms with van der Waals surface area (Å²) in [6.45, 7) is 0. The highest BCUT2D eigenvalue weighted by atomic mass is 79.9. The van der Waals surface area contributed by atoms with Crippen LogP contribution in [0.5, 0.6) is 0 Å². The number of carbonyl (C=O) groups is 1. The Bertz CT molecular complexity index is 381. The van der Waals surface area contributed by atoms with Gasteiger partial charge in [0.1, 0.15) is 5.82 Å². The molecule has 1 rings (SSSR count). The maximum absolute atomic E-state index is 13.1. The van der Waals surface area contributed by atoms with Crippen LogP contribution in [-0.4, -0.2) is 5.91 Å². The van der Waals surface area contributed by atoms with Gasteiger partial charge in [-0.1, -0.05) is 0 Å². The fraction of sp³-hybridized carbons (Fsp3) is 0. The van der Waals surface area contributed by atoms with Crippen molar-refractivity contribution in [2.24, 2.45) is 5.73 Å². The third kappa shape index (κ3) is 1.88. The van der Waals surface area contributed by atoms with E-state index in [1.54, 1.807) is 0 Å². The minimum absolute atomic E-state index is 0.145. The van der Waals surface area contributed by atoms with Crippen molar-refractivity contribution in [1.82, 2.24) is 0 Å². The monoisotopic (exact) mass is 313 g/mol.